The van der Waals surface area contributed by atoms with E-state index in [0.717, 1.165) is 52.7 Å². The van der Waals surface area contributed by atoms with Crippen molar-refractivity contribution >= 4 is 34.5 Å². The molecule has 0 radical (unpaired) electrons. The van der Waals surface area contributed by atoms with Crippen molar-refractivity contribution in [2.75, 3.05) is 0 Å². The summed E-state index contributed by atoms with van der Waals surface area (Å²) in [7, 11) is 0. The van der Waals surface area contributed by atoms with Gasteiger partial charge >= 0.3 is 0 Å². The minimum absolute atomic E-state index is 0.0859. The highest BCUT2D eigenvalue weighted by Crippen LogP contribution is 2.27. The van der Waals surface area contributed by atoms with Crippen molar-refractivity contribution in [3.05, 3.63) is 76.5 Å². The van der Waals surface area contributed by atoms with Crippen molar-refractivity contribution in [3.63, 3.8) is 0 Å². The SMILES string of the molecule is N#CC/C(=C\c1cn(Cc2ccccc2Cl)c2ccccc12)C(=O)NC1CCCCC1. The van der Waals surface area contributed by atoms with Gasteiger partial charge in [0.15, 0.2) is 0 Å². The summed E-state index contributed by atoms with van der Waals surface area (Å²) in [5.41, 5.74) is 3.55. The van der Waals surface area contributed by atoms with E-state index in [-0.39, 0.29) is 18.4 Å². The largest absolute Gasteiger partial charge is 0.350 e. The first-order valence-corrected chi connectivity index (χ1v) is 11.2. The number of hydrogen-bond donors (Lipinski definition) is 1. The quantitative estimate of drug-likeness (QED) is 0.480. The first-order valence-electron chi connectivity index (χ1n) is 10.9. The van der Waals surface area contributed by atoms with Crippen molar-refractivity contribution in [3.8, 4) is 6.07 Å². The van der Waals surface area contributed by atoms with E-state index < -0.39 is 0 Å². The maximum atomic E-state index is 12.9. The van der Waals surface area contributed by atoms with Gasteiger partial charge in [-0.05, 0) is 36.6 Å². The topological polar surface area (TPSA) is 57.8 Å². The number of fused-ring (bicyclic) bond motifs is 1. The number of hydrogen-bond acceptors (Lipinski definition) is 2. The predicted molar refractivity (Wildman–Crippen MR) is 126 cm³/mol. The van der Waals surface area contributed by atoms with Crippen LogP contribution in [-0.2, 0) is 11.3 Å². The van der Waals surface area contributed by atoms with Gasteiger partial charge in [-0.1, -0.05) is 67.3 Å². The molecule has 0 bridgehead atoms. The maximum Gasteiger partial charge on any atom is 0.248 e. The first-order chi connectivity index (χ1) is 15.2. The molecule has 0 aliphatic heterocycles. The van der Waals surface area contributed by atoms with E-state index >= 15 is 0 Å². The Morgan fingerprint density at radius 2 is 1.87 bits per heavy atom. The molecular weight excluding hydrogens is 406 g/mol. The molecule has 0 unspecified atom stereocenters. The van der Waals surface area contributed by atoms with Crippen LogP contribution in [0, 0.1) is 11.3 Å². The lowest BCUT2D eigenvalue weighted by molar-refractivity contribution is -0.118. The second-order valence-corrected chi connectivity index (χ2v) is 8.54. The minimum atomic E-state index is -0.128. The number of aromatic nitrogens is 1. The number of amides is 1. The standard InChI is InChI=1S/C26H26ClN3O/c27-24-12-6-4-8-20(24)17-30-18-21(23-11-5-7-13-25(23)30)16-19(14-15-28)26(31)29-22-9-2-1-3-10-22/h4-8,11-13,16,18,22H,1-3,9-10,14,17H2,(H,29,31)/b19-16+. The molecule has 4 nitrogen and oxygen atoms in total. The average Bonchev–Trinajstić information content (AvgIpc) is 3.13. The molecule has 1 heterocycles. The van der Waals surface area contributed by atoms with Gasteiger partial charge in [0.1, 0.15) is 0 Å². The summed E-state index contributed by atoms with van der Waals surface area (Å²) in [5, 5.41) is 14.2. The van der Waals surface area contributed by atoms with Gasteiger partial charge < -0.3 is 9.88 Å². The van der Waals surface area contributed by atoms with Crippen LogP contribution in [0.5, 0.6) is 0 Å². The Morgan fingerprint density at radius 3 is 2.65 bits per heavy atom. The summed E-state index contributed by atoms with van der Waals surface area (Å²) in [6.07, 6.45) is 9.56. The van der Waals surface area contributed by atoms with Crippen LogP contribution in [0.2, 0.25) is 5.02 Å². The van der Waals surface area contributed by atoms with Gasteiger partial charge in [0.2, 0.25) is 5.91 Å². The van der Waals surface area contributed by atoms with Crippen molar-refractivity contribution in [2.45, 2.75) is 51.1 Å². The van der Waals surface area contributed by atoms with Crippen molar-refractivity contribution in [1.29, 1.82) is 5.26 Å². The van der Waals surface area contributed by atoms with Crippen LogP contribution in [0.25, 0.3) is 17.0 Å². The summed E-state index contributed by atoms with van der Waals surface area (Å²) in [6.45, 7) is 0.635. The smallest absolute Gasteiger partial charge is 0.248 e. The highest BCUT2D eigenvalue weighted by molar-refractivity contribution is 6.31. The molecule has 1 fully saturated rings. The highest BCUT2D eigenvalue weighted by Gasteiger charge is 2.19. The highest BCUT2D eigenvalue weighted by atomic mass is 35.5. The molecule has 4 rings (SSSR count). The third kappa shape index (κ3) is 5.00. The predicted octanol–water partition coefficient (Wildman–Crippen LogP) is 6.09. The molecule has 1 aliphatic rings. The van der Waals surface area contributed by atoms with Gasteiger partial charge in [0.25, 0.3) is 0 Å². The lowest BCUT2D eigenvalue weighted by atomic mass is 9.95. The van der Waals surface area contributed by atoms with Crippen LogP contribution >= 0.6 is 11.6 Å². The van der Waals surface area contributed by atoms with Gasteiger partial charge in [0, 0.05) is 45.8 Å². The van der Waals surface area contributed by atoms with E-state index in [9.17, 15) is 10.1 Å². The normalized spacial score (nSPS) is 15.0. The Bertz CT molecular complexity index is 1150. The third-order valence-corrected chi connectivity index (χ3v) is 6.32. The van der Waals surface area contributed by atoms with E-state index in [1.165, 1.54) is 6.42 Å². The molecule has 1 aliphatic carbocycles. The Morgan fingerprint density at radius 1 is 1.13 bits per heavy atom. The summed E-state index contributed by atoms with van der Waals surface area (Å²) < 4.78 is 2.14. The minimum Gasteiger partial charge on any atom is -0.350 e. The first kappa shape index (κ1) is 21.2. The zero-order chi connectivity index (χ0) is 21.6. The zero-order valence-corrected chi connectivity index (χ0v) is 18.2. The Labute approximate surface area is 188 Å². The lowest BCUT2D eigenvalue weighted by Crippen LogP contribution is -2.36. The van der Waals surface area contributed by atoms with Crippen molar-refractivity contribution in [2.24, 2.45) is 0 Å². The Hall–Kier alpha value is -3.03. The van der Waals surface area contributed by atoms with Crippen LogP contribution in [0.3, 0.4) is 0 Å². The van der Waals surface area contributed by atoms with Crippen LogP contribution < -0.4 is 5.32 Å². The fourth-order valence-electron chi connectivity index (χ4n) is 4.33. The zero-order valence-electron chi connectivity index (χ0n) is 17.5. The molecule has 0 atom stereocenters. The molecule has 5 heteroatoms. The number of halogens is 1. The van der Waals surface area contributed by atoms with E-state index in [1.807, 2.05) is 54.7 Å². The van der Waals surface area contributed by atoms with Gasteiger partial charge in [-0.3, -0.25) is 4.79 Å². The number of nitriles is 1. The van der Waals surface area contributed by atoms with E-state index in [0.29, 0.717) is 12.1 Å². The van der Waals surface area contributed by atoms with Crippen LogP contribution in [0.15, 0.2) is 60.3 Å². The second-order valence-electron chi connectivity index (χ2n) is 8.13. The molecule has 1 aromatic heterocycles. The van der Waals surface area contributed by atoms with E-state index in [2.05, 4.69) is 22.0 Å². The van der Waals surface area contributed by atoms with Crippen molar-refractivity contribution < 1.29 is 4.79 Å². The van der Waals surface area contributed by atoms with Crippen LogP contribution in [-0.4, -0.2) is 16.5 Å². The molecule has 0 spiro atoms. The fraction of sp³-hybridized carbons (Fsp3) is 0.308. The molecule has 1 N–H and O–H groups in total. The lowest BCUT2D eigenvalue weighted by Gasteiger charge is -2.23. The fourth-order valence-corrected chi connectivity index (χ4v) is 4.52. The summed E-state index contributed by atoms with van der Waals surface area (Å²) in [4.78, 5) is 12.9. The molecule has 2 aromatic carbocycles. The van der Waals surface area contributed by atoms with Crippen LogP contribution in [0.1, 0.15) is 49.7 Å². The number of carbonyl (C=O) groups is 1. The van der Waals surface area contributed by atoms with E-state index in [1.54, 1.807) is 0 Å². The molecule has 31 heavy (non-hydrogen) atoms. The molecule has 3 aromatic rings. The Balaban J connectivity index is 1.66. The van der Waals surface area contributed by atoms with Gasteiger partial charge in [-0.15, -0.1) is 0 Å². The second kappa shape index (κ2) is 9.85. The number of nitrogens with zero attached hydrogens (tertiary/aromatic N) is 2. The molecule has 158 valence electrons. The maximum absolute atomic E-state index is 12.9. The molecule has 1 saturated carbocycles. The number of benzene rings is 2. The summed E-state index contributed by atoms with van der Waals surface area (Å²) in [6, 6.07) is 18.3. The average molecular weight is 432 g/mol. The number of nitrogens with one attached hydrogen (secondary N) is 1. The number of rotatable bonds is 6. The van der Waals surface area contributed by atoms with Gasteiger partial charge in [-0.2, -0.15) is 5.26 Å². The third-order valence-electron chi connectivity index (χ3n) is 5.95. The van der Waals surface area contributed by atoms with Gasteiger partial charge in [0.05, 0.1) is 12.5 Å². The number of para-hydroxylation sites is 1. The number of carbonyl (C=O) groups excluding carboxylic acids is 1. The monoisotopic (exact) mass is 431 g/mol. The molecule has 0 saturated heterocycles. The van der Waals surface area contributed by atoms with Crippen molar-refractivity contribution in [1.82, 2.24) is 9.88 Å². The van der Waals surface area contributed by atoms with E-state index in [4.69, 9.17) is 11.6 Å². The van der Waals surface area contributed by atoms with Crippen LogP contribution in [0.4, 0.5) is 0 Å². The molecule has 1 amide bonds. The van der Waals surface area contributed by atoms with Gasteiger partial charge in [-0.25, -0.2) is 0 Å². The molecular formula is C26H26ClN3O. The summed E-state index contributed by atoms with van der Waals surface area (Å²) in [5.74, 6) is -0.128. The Kier molecular flexibility index (Phi) is 6.74. The summed E-state index contributed by atoms with van der Waals surface area (Å²) >= 11 is 6.38.